The molecule has 5 heteroatoms. The van der Waals surface area contributed by atoms with Crippen LogP contribution in [-0.2, 0) is 0 Å². The summed E-state index contributed by atoms with van der Waals surface area (Å²) in [5.74, 6) is -0.237. The van der Waals surface area contributed by atoms with Crippen LogP contribution in [0.1, 0.15) is 30.8 Å². The maximum Gasteiger partial charge on any atom is 0.271 e. The summed E-state index contributed by atoms with van der Waals surface area (Å²) in [6.07, 6.45) is 5.07. The molecule has 0 aliphatic heterocycles. The minimum Gasteiger partial charge on any atom is -0.396 e. The molecular formula is C11H17N3O2. The SMILES string of the molecule is CC(C)(CCO)CNC(=O)c1cnccn1. The van der Waals surface area contributed by atoms with Gasteiger partial charge in [0, 0.05) is 25.5 Å². The number of carbonyl (C=O) groups is 1. The summed E-state index contributed by atoms with van der Waals surface area (Å²) in [5, 5.41) is 11.6. The fourth-order valence-electron chi connectivity index (χ4n) is 1.22. The van der Waals surface area contributed by atoms with Crippen LogP contribution in [0.25, 0.3) is 0 Å². The van der Waals surface area contributed by atoms with Crippen molar-refractivity contribution in [3.63, 3.8) is 0 Å². The number of aliphatic hydroxyl groups excluding tert-OH is 1. The van der Waals surface area contributed by atoms with E-state index in [1.165, 1.54) is 18.6 Å². The zero-order valence-electron chi connectivity index (χ0n) is 9.60. The lowest BCUT2D eigenvalue weighted by atomic mass is 9.90. The number of rotatable bonds is 5. The summed E-state index contributed by atoms with van der Waals surface area (Å²) < 4.78 is 0. The summed E-state index contributed by atoms with van der Waals surface area (Å²) in [6, 6.07) is 0. The molecular weight excluding hydrogens is 206 g/mol. The Morgan fingerprint density at radius 3 is 2.81 bits per heavy atom. The van der Waals surface area contributed by atoms with Gasteiger partial charge >= 0.3 is 0 Å². The molecule has 0 fully saturated rings. The van der Waals surface area contributed by atoms with Crippen LogP contribution in [0.2, 0.25) is 0 Å². The lowest BCUT2D eigenvalue weighted by Crippen LogP contribution is -2.34. The van der Waals surface area contributed by atoms with Crippen molar-refractivity contribution < 1.29 is 9.90 Å². The summed E-state index contributed by atoms with van der Waals surface area (Å²) >= 11 is 0. The van der Waals surface area contributed by atoms with Crippen molar-refractivity contribution in [1.82, 2.24) is 15.3 Å². The minimum atomic E-state index is -0.237. The Bertz CT molecular complexity index is 338. The number of hydrogen-bond acceptors (Lipinski definition) is 4. The molecule has 0 unspecified atom stereocenters. The Kier molecular flexibility index (Phi) is 4.37. The Labute approximate surface area is 94.9 Å². The molecule has 0 saturated heterocycles. The van der Waals surface area contributed by atoms with Gasteiger partial charge in [-0.15, -0.1) is 0 Å². The van der Waals surface area contributed by atoms with Crippen LogP contribution in [0.4, 0.5) is 0 Å². The first-order chi connectivity index (χ1) is 7.55. The molecule has 1 aromatic rings. The van der Waals surface area contributed by atoms with Crippen molar-refractivity contribution in [3.05, 3.63) is 24.3 Å². The van der Waals surface area contributed by atoms with Gasteiger partial charge in [0.2, 0.25) is 0 Å². The fourth-order valence-corrected chi connectivity index (χ4v) is 1.22. The van der Waals surface area contributed by atoms with Crippen molar-refractivity contribution in [2.24, 2.45) is 5.41 Å². The van der Waals surface area contributed by atoms with Crippen LogP contribution in [0, 0.1) is 5.41 Å². The highest BCUT2D eigenvalue weighted by Crippen LogP contribution is 2.17. The molecule has 0 bridgehead atoms. The predicted octanol–water partition coefficient (Wildman–Crippen LogP) is 0.615. The second kappa shape index (κ2) is 5.55. The quantitative estimate of drug-likeness (QED) is 0.767. The molecule has 0 aliphatic carbocycles. The summed E-state index contributed by atoms with van der Waals surface area (Å²) in [5.41, 5.74) is 0.189. The van der Waals surface area contributed by atoms with E-state index >= 15 is 0 Å². The molecule has 1 rings (SSSR count). The maximum atomic E-state index is 11.6. The van der Waals surface area contributed by atoms with Crippen LogP contribution in [-0.4, -0.2) is 34.1 Å². The highest BCUT2D eigenvalue weighted by molar-refractivity contribution is 5.91. The molecule has 0 radical (unpaired) electrons. The van der Waals surface area contributed by atoms with Crippen LogP contribution in [0.5, 0.6) is 0 Å². The van der Waals surface area contributed by atoms with Crippen molar-refractivity contribution in [3.8, 4) is 0 Å². The normalized spacial score (nSPS) is 11.2. The van der Waals surface area contributed by atoms with Crippen LogP contribution in [0.15, 0.2) is 18.6 Å². The Morgan fingerprint density at radius 1 is 1.50 bits per heavy atom. The standard InChI is InChI=1S/C11H17N3O2/c1-11(2,3-6-15)8-14-10(16)9-7-12-4-5-13-9/h4-5,7,15H,3,6,8H2,1-2H3,(H,14,16). The number of nitrogens with one attached hydrogen (secondary N) is 1. The number of hydrogen-bond donors (Lipinski definition) is 2. The number of nitrogens with zero attached hydrogens (tertiary/aromatic N) is 2. The predicted molar refractivity (Wildman–Crippen MR) is 59.8 cm³/mol. The molecule has 0 saturated carbocycles. The van der Waals surface area contributed by atoms with E-state index in [0.717, 1.165) is 0 Å². The van der Waals surface area contributed by atoms with E-state index in [1.54, 1.807) is 0 Å². The Balaban J connectivity index is 2.48. The third-order valence-corrected chi connectivity index (χ3v) is 2.31. The van der Waals surface area contributed by atoms with E-state index in [1.807, 2.05) is 13.8 Å². The van der Waals surface area contributed by atoms with Gasteiger partial charge in [-0.05, 0) is 11.8 Å². The molecule has 0 aromatic carbocycles. The van der Waals surface area contributed by atoms with E-state index in [0.29, 0.717) is 18.7 Å². The average molecular weight is 223 g/mol. The van der Waals surface area contributed by atoms with Gasteiger partial charge in [-0.3, -0.25) is 9.78 Å². The molecule has 5 nitrogen and oxygen atoms in total. The topological polar surface area (TPSA) is 75.1 Å². The van der Waals surface area contributed by atoms with E-state index in [-0.39, 0.29) is 17.9 Å². The van der Waals surface area contributed by atoms with Crippen LogP contribution in [0.3, 0.4) is 0 Å². The number of carbonyl (C=O) groups excluding carboxylic acids is 1. The van der Waals surface area contributed by atoms with Crippen molar-refractivity contribution >= 4 is 5.91 Å². The van der Waals surface area contributed by atoms with E-state index in [4.69, 9.17) is 5.11 Å². The first kappa shape index (κ1) is 12.6. The van der Waals surface area contributed by atoms with Gasteiger partial charge in [0.05, 0.1) is 6.20 Å². The van der Waals surface area contributed by atoms with Gasteiger partial charge in [-0.25, -0.2) is 4.98 Å². The number of aromatic nitrogens is 2. The third-order valence-electron chi connectivity index (χ3n) is 2.31. The van der Waals surface area contributed by atoms with Gasteiger partial charge in [-0.1, -0.05) is 13.8 Å². The Hall–Kier alpha value is -1.49. The second-order valence-electron chi connectivity index (χ2n) is 4.41. The second-order valence-corrected chi connectivity index (χ2v) is 4.41. The molecule has 1 heterocycles. The summed E-state index contributed by atoms with van der Waals surface area (Å²) in [4.78, 5) is 19.3. The molecule has 0 spiro atoms. The molecule has 0 atom stereocenters. The summed E-state index contributed by atoms with van der Waals surface area (Å²) in [6.45, 7) is 4.59. The number of amides is 1. The van der Waals surface area contributed by atoms with Gasteiger partial charge in [0.1, 0.15) is 5.69 Å². The molecule has 0 aliphatic rings. The highest BCUT2D eigenvalue weighted by atomic mass is 16.3. The lowest BCUT2D eigenvalue weighted by molar-refractivity contribution is 0.0923. The minimum absolute atomic E-state index is 0.118. The zero-order valence-corrected chi connectivity index (χ0v) is 9.60. The monoisotopic (exact) mass is 223 g/mol. The van der Waals surface area contributed by atoms with Crippen LogP contribution >= 0.6 is 0 Å². The fraction of sp³-hybridized carbons (Fsp3) is 0.545. The van der Waals surface area contributed by atoms with E-state index in [2.05, 4.69) is 15.3 Å². The summed E-state index contributed by atoms with van der Waals surface area (Å²) in [7, 11) is 0. The van der Waals surface area contributed by atoms with Gasteiger partial charge in [-0.2, -0.15) is 0 Å². The largest absolute Gasteiger partial charge is 0.396 e. The van der Waals surface area contributed by atoms with Gasteiger partial charge < -0.3 is 10.4 Å². The van der Waals surface area contributed by atoms with E-state index in [9.17, 15) is 4.79 Å². The number of aliphatic hydroxyl groups is 1. The molecule has 1 aromatic heterocycles. The maximum absolute atomic E-state index is 11.6. The zero-order chi connectivity index (χ0) is 12.0. The van der Waals surface area contributed by atoms with Crippen LogP contribution < -0.4 is 5.32 Å². The molecule has 1 amide bonds. The highest BCUT2D eigenvalue weighted by Gasteiger charge is 2.18. The first-order valence-corrected chi connectivity index (χ1v) is 5.20. The smallest absolute Gasteiger partial charge is 0.271 e. The van der Waals surface area contributed by atoms with Gasteiger partial charge in [0.25, 0.3) is 5.91 Å². The van der Waals surface area contributed by atoms with Crippen molar-refractivity contribution in [2.45, 2.75) is 20.3 Å². The third kappa shape index (κ3) is 3.94. The van der Waals surface area contributed by atoms with Crippen molar-refractivity contribution in [2.75, 3.05) is 13.2 Å². The Morgan fingerprint density at radius 2 is 2.25 bits per heavy atom. The molecule has 2 N–H and O–H groups in total. The van der Waals surface area contributed by atoms with Crippen molar-refractivity contribution in [1.29, 1.82) is 0 Å². The molecule has 16 heavy (non-hydrogen) atoms. The average Bonchev–Trinajstić information content (AvgIpc) is 2.27. The molecule has 88 valence electrons. The lowest BCUT2D eigenvalue weighted by Gasteiger charge is -2.23. The van der Waals surface area contributed by atoms with Gasteiger partial charge in [0.15, 0.2) is 0 Å². The first-order valence-electron chi connectivity index (χ1n) is 5.20. The van der Waals surface area contributed by atoms with E-state index < -0.39 is 0 Å².